The molecule has 1 unspecified atom stereocenters. The minimum absolute atomic E-state index is 0.309. The van der Waals surface area contributed by atoms with Gasteiger partial charge in [0.25, 0.3) is 0 Å². The highest BCUT2D eigenvalue weighted by atomic mass is 16.5. The van der Waals surface area contributed by atoms with Gasteiger partial charge in [0.1, 0.15) is 0 Å². The first-order valence-corrected chi connectivity index (χ1v) is 4.74. The Morgan fingerprint density at radius 2 is 2.31 bits per heavy atom. The molecule has 0 aromatic heterocycles. The van der Waals surface area contributed by atoms with E-state index in [2.05, 4.69) is 0 Å². The second-order valence-electron chi connectivity index (χ2n) is 3.59. The van der Waals surface area contributed by atoms with Gasteiger partial charge < -0.3 is 15.6 Å². The SMILES string of the molecule is NCCC(COCC1CC1)C(=O)O. The molecule has 4 heteroatoms. The molecule has 0 bridgehead atoms. The summed E-state index contributed by atoms with van der Waals surface area (Å²) < 4.78 is 5.30. The van der Waals surface area contributed by atoms with Crippen molar-refractivity contribution in [3.63, 3.8) is 0 Å². The Kier molecular flexibility index (Phi) is 4.18. The zero-order chi connectivity index (χ0) is 9.68. The van der Waals surface area contributed by atoms with Gasteiger partial charge in [0.15, 0.2) is 0 Å². The second-order valence-corrected chi connectivity index (χ2v) is 3.59. The lowest BCUT2D eigenvalue weighted by molar-refractivity contribution is -0.144. The minimum atomic E-state index is -0.804. The Morgan fingerprint density at radius 3 is 2.77 bits per heavy atom. The van der Waals surface area contributed by atoms with E-state index >= 15 is 0 Å². The average molecular weight is 187 g/mol. The molecule has 1 atom stereocenters. The number of ether oxygens (including phenoxy) is 1. The fourth-order valence-corrected chi connectivity index (χ4v) is 1.14. The molecule has 0 spiro atoms. The molecule has 1 aliphatic rings. The summed E-state index contributed by atoms with van der Waals surface area (Å²) >= 11 is 0. The normalized spacial score (nSPS) is 18.5. The number of rotatable bonds is 7. The standard InChI is InChI=1S/C9H17NO3/c10-4-3-8(9(11)12)6-13-5-7-1-2-7/h7-8H,1-6,10H2,(H,11,12). The van der Waals surface area contributed by atoms with Crippen LogP contribution in [0.2, 0.25) is 0 Å². The molecule has 1 rings (SSSR count). The minimum Gasteiger partial charge on any atom is -0.481 e. The van der Waals surface area contributed by atoms with Gasteiger partial charge in [0.2, 0.25) is 0 Å². The number of aliphatic carboxylic acids is 1. The molecule has 0 radical (unpaired) electrons. The summed E-state index contributed by atoms with van der Waals surface area (Å²) in [5.41, 5.74) is 5.29. The summed E-state index contributed by atoms with van der Waals surface area (Å²) in [5.74, 6) is -0.544. The van der Waals surface area contributed by atoms with Crippen LogP contribution in [0.3, 0.4) is 0 Å². The first kappa shape index (κ1) is 10.5. The van der Waals surface area contributed by atoms with Crippen molar-refractivity contribution in [2.24, 2.45) is 17.6 Å². The van der Waals surface area contributed by atoms with Crippen molar-refractivity contribution in [1.29, 1.82) is 0 Å². The number of hydrogen-bond acceptors (Lipinski definition) is 3. The lowest BCUT2D eigenvalue weighted by atomic mass is 10.1. The van der Waals surface area contributed by atoms with Crippen molar-refractivity contribution in [2.45, 2.75) is 19.3 Å². The van der Waals surface area contributed by atoms with Gasteiger partial charge in [0, 0.05) is 6.61 Å². The van der Waals surface area contributed by atoms with Crippen LogP contribution in [0.15, 0.2) is 0 Å². The van der Waals surface area contributed by atoms with Crippen molar-refractivity contribution < 1.29 is 14.6 Å². The molecule has 13 heavy (non-hydrogen) atoms. The van der Waals surface area contributed by atoms with Crippen LogP contribution in [0, 0.1) is 11.8 Å². The highest BCUT2D eigenvalue weighted by molar-refractivity contribution is 5.70. The van der Waals surface area contributed by atoms with Crippen molar-refractivity contribution in [3.8, 4) is 0 Å². The Hall–Kier alpha value is -0.610. The molecular weight excluding hydrogens is 170 g/mol. The van der Waals surface area contributed by atoms with Gasteiger partial charge in [-0.1, -0.05) is 0 Å². The van der Waals surface area contributed by atoms with Crippen LogP contribution < -0.4 is 5.73 Å². The van der Waals surface area contributed by atoms with Crippen LogP contribution in [0.5, 0.6) is 0 Å². The molecular formula is C9H17NO3. The molecule has 0 heterocycles. The van der Waals surface area contributed by atoms with Crippen molar-refractivity contribution in [2.75, 3.05) is 19.8 Å². The van der Waals surface area contributed by atoms with Crippen molar-refractivity contribution in [3.05, 3.63) is 0 Å². The molecule has 1 aliphatic carbocycles. The van der Waals surface area contributed by atoms with Gasteiger partial charge >= 0.3 is 5.97 Å². The van der Waals surface area contributed by atoms with Crippen molar-refractivity contribution in [1.82, 2.24) is 0 Å². The Balaban J connectivity index is 2.08. The molecule has 0 aromatic rings. The third-order valence-corrected chi connectivity index (χ3v) is 2.23. The third-order valence-electron chi connectivity index (χ3n) is 2.23. The van der Waals surface area contributed by atoms with E-state index in [-0.39, 0.29) is 0 Å². The zero-order valence-electron chi connectivity index (χ0n) is 7.74. The third kappa shape index (κ3) is 4.24. The van der Waals surface area contributed by atoms with E-state index in [9.17, 15) is 4.79 Å². The van der Waals surface area contributed by atoms with Crippen LogP contribution in [0.25, 0.3) is 0 Å². The van der Waals surface area contributed by atoms with E-state index < -0.39 is 11.9 Å². The quantitative estimate of drug-likeness (QED) is 0.607. The highest BCUT2D eigenvalue weighted by Crippen LogP contribution is 2.28. The predicted molar refractivity (Wildman–Crippen MR) is 48.3 cm³/mol. The van der Waals surface area contributed by atoms with Crippen LogP contribution in [-0.2, 0) is 9.53 Å². The van der Waals surface area contributed by atoms with E-state index in [4.69, 9.17) is 15.6 Å². The van der Waals surface area contributed by atoms with Gasteiger partial charge in [-0.2, -0.15) is 0 Å². The first-order chi connectivity index (χ1) is 6.24. The summed E-state index contributed by atoms with van der Waals surface area (Å²) in [4.78, 5) is 10.6. The predicted octanol–water partition coefficient (Wildman–Crippen LogP) is 0.463. The molecule has 76 valence electrons. The summed E-state index contributed by atoms with van der Waals surface area (Å²) in [5, 5.41) is 8.75. The van der Waals surface area contributed by atoms with Crippen LogP contribution in [0.4, 0.5) is 0 Å². The maximum Gasteiger partial charge on any atom is 0.308 e. The Morgan fingerprint density at radius 1 is 1.62 bits per heavy atom. The average Bonchev–Trinajstić information content (AvgIpc) is 2.86. The van der Waals surface area contributed by atoms with E-state index in [1.807, 2.05) is 0 Å². The molecule has 0 aromatic carbocycles. The summed E-state index contributed by atoms with van der Waals surface area (Å²) in [6.07, 6.45) is 2.96. The number of carbonyl (C=O) groups is 1. The topological polar surface area (TPSA) is 72.5 Å². The number of carboxylic acids is 1. The van der Waals surface area contributed by atoms with Gasteiger partial charge in [-0.25, -0.2) is 0 Å². The first-order valence-electron chi connectivity index (χ1n) is 4.74. The molecule has 3 N–H and O–H groups in total. The summed E-state index contributed by atoms with van der Waals surface area (Å²) in [6.45, 7) is 1.43. The van der Waals surface area contributed by atoms with Gasteiger partial charge in [-0.15, -0.1) is 0 Å². The van der Waals surface area contributed by atoms with Crippen LogP contribution >= 0.6 is 0 Å². The smallest absolute Gasteiger partial charge is 0.308 e. The maximum atomic E-state index is 10.6. The molecule has 1 fully saturated rings. The lowest BCUT2D eigenvalue weighted by Gasteiger charge is -2.10. The molecule has 0 saturated heterocycles. The zero-order valence-corrected chi connectivity index (χ0v) is 7.74. The molecule has 0 aliphatic heterocycles. The van der Waals surface area contributed by atoms with E-state index in [0.29, 0.717) is 32.1 Å². The van der Waals surface area contributed by atoms with E-state index in [1.165, 1.54) is 12.8 Å². The fourth-order valence-electron chi connectivity index (χ4n) is 1.14. The number of nitrogens with two attached hydrogens (primary N) is 1. The monoisotopic (exact) mass is 187 g/mol. The Labute approximate surface area is 78.1 Å². The molecule has 0 amide bonds. The van der Waals surface area contributed by atoms with Crippen LogP contribution in [0.1, 0.15) is 19.3 Å². The van der Waals surface area contributed by atoms with Crippen LogP contribution in [-0.4, -0.2) is 30.8 Å². The Bertz CT molecular complexity index is 168. The van der Waals surface area contributed by atoms with Gasteiger partial charge in [-0.3, -0.25) is 4.79 Å². The summed E-state index contributed by atoms with van der Waals surface area (Å²) in [7, 11) is 0. The lowest BCUT2D eigenvalue weighted by Crippen LogP contribution is -2.23. The fraction of sp³-hybridized carbons (Fsp3) is 0.889. The van der Waals surface area contributed by atoms with Crippen molar-refractivity contribution >= 4 is 5.97 Å². The number of carboxylic acid groups (broad SMARTS) is 1. The van der Waals surface area contributed by atoms with E-state index in [1.54, 1.807) is 0 Å². The highest BCUT2D eigenvalue weighted by Gasteiger charge is 2.23. The summed E-state index contributed by atoms with van der Waals surface area (Å²) in [6, 6.07) is 0. The second kappa shape index (κ2) is 5.19. The largest absolute Gasteiger partial charge is 0.481 e. The maximum absolute atomic E-state index is 10.6. The van der Waals surface area contributed by atoms with Gasteiger partial charge in [-0.05, 0) is 31.7 Å². The van der Waals surface area contributed by atoms with E-state index in [0.717, 1.165) is 0 Å². The molecule has 4 nitrogen and oxygen atoms in total. The van der Waals surface area contributed by atoms with Gasteiger partial charge in [0.05, 0.1) is 12.5 Å². The molecule has 1 saturated carbocycles. The number of hydrogen-bond donors (Lipinski definition) is 2.